The molecule has 1 aromatic heterocycles. The van der Waals surface area contributed by atoms with Crippen LogP contribution >= 0.6 is 12.4 Å². The van der Waals surface area contributed by atoms with Gasteiger partial charge in [-0.05, 0) is 44.1 Å². The Bertz CT molecular complexity index is 931. The molecule has 0 radical (unpaired) electrons. The second-order valence-corrected chi connectivity index (χ2v) is 7.33. The van der Waals surface area contributed by atoms with Crippen molar-refractivity contribution in [3.8, 4) is 17.2 Å². The molecule has 0 fully saturated rings. The lowest BCUT2D eigenvalue weighted by atomic mass is 10.1. The van der Waals surface area contributed by atoms with Gasteiger partial charge < -0.3 is 18.9 Å². The fraction of sp³-hybridized carbons (Fsp3) is 0.423. The SMILES string of the molecule is CCOC(=O)CCCCCCCOc1cc(/C=C/C(=O)c2ccccc2OC)ncc1OC.Cl. The highest BCUT2D eigenvalue weighted by atomic mass is 35.5. The maximum Gasteiger partial charge on any atom is 0.305 e. The summed E-state index contributed by atoms with van der Waals surface area (Å²) < 4.78 is 21.4. The topological polar surface area (TPSA) is 84.0 Å². The molecule has 0 saturated carbocycles. The van der Waals surface area contributed by atoms with Crippen LogP contribution in [-0.2, 0) is 9.53 Å². The van der Waals surface area contributed by atoms with Crippen LogP contribution in [0.15, 0.2) is 42.6 Å². The van der Waals surface area contributed by atoms with Crippen molar-refractivity contribution in [3.63, 3.8) is 0 Å². The number of aromatic nitrogens is 1. The van der Waals surface area contributed by atoms with Crippen LogP contribution in [-0.4, -0.2) is 44.2 Å². The lowest BCUT2D eigenvalue weighted by Gasteiger charge is -2.11. The van der Waals surface area contributed by atoms with Crippen LogP contribution in [0, 0.1) is 0 Å². The number of carbonyl (C=O) groups excluding carboxylic acids is 2. The van der Waals surface area contributed by atoms with Crippen molar-refractivity contribution in [3.05, 3.63) is 53.9 Å². The minimum absolute atomic E-state index is 0. The number of carbonyl (C=O) groups is 2. The lowest BCUT2D eigenvalue weighted by Crippen LogP contribution is -2.03. The normalized spacial score (nSPS) is 10.4. The predicted molar refractivity (Wildman–Crippen MR) is 134 cm³/mol. The summed E-state index contributed by atoms with van der Waals surface area (Å²) >= 11 is 0. The minimum Gasteiger partial charge on any atom is -0.496 e. The number of esters is 1. The second kappa shape index (κ2) is 16.5. The van der Waals surface area contributed by atoms with E-state index in [1.165, 1.54) is 13.2 Å². The molecule has 0 aliphatic heterocycles. The summed E-state index contributed by atoms with van der Waals surface area (Å²) in [6, 6.07) is 8.83. The number of halogens is 1. The van der Waals surface area contributed by atoms with Gasteiger partial charge in [0.1, 0.15) is 5.75 Å². The van der Waals surface area contributed by atoms with Crippen molar-refractivity contribution in [1.82, 2.24) is 4.98 Å². The van der Waals surface area contributed by atoms with Gasteiger partial charge in [0.25, 0.3) is 0 Å². The van der Waals surface area contributed by atoms with Crippen molar-refractivity contribution in [1.29, 1.82) is 0 Å². The van der Waals surface area contributed by atoms with Crippen LogP contribution in [0.1, 0.15) is 61.5 Å². The molecule has 0 aliphatic rings. The molecule has 2 aromatic rings. The maximum absolute atomic E-state index is 12.5. The van der Waals surface area contributed by atoms with Crippen molar-refractivity contribution in [2.75, 3.05) is 27.4 Å². The molecule has 0 unspecified atom stereocenters. The smallest absolute Gasteiger partial charge is 0.305 e. The van der Waals surface area contributed by atoms with Crippen LogP contribution in [0.3, 0.4) is 0 Å². The number of methoxy groups -OCH3 is 2. The summed E-state index contributed by atoms with van der Waals surface area (Å²) in [6.07, 6.45) is 9.95. The molecule has 7 nitrogen and oxygen atoms in total. The van der Waals surface area contributed by atoms with E-state index in [4.69, 9.17) is 18.9 Å². The van der Waals surface area contributed by atoms with Gasteiger partial charge in [0.2, 0.25) is 0 Å². The van der Waals surface area contributed by atoms with E-state index in [-0.39, 0.29) is 24.2 Å². The first-order valence-electron chi connectivity index (χ1n) is 11.3. The summed E-state index contributed by atoms with van der Waals surface area (Å²) in [4.78, 5) is 28.1. The second-order valence-electron chi connectivity index (χ2n) is 7.33. The number of benzene rings is 1. The molecule has 0 amide bonds. The fourth-order valence-corrected chi connectivity index (χ4v) is 3.21. The van der Waals surface area contributed by atoms with E-state index >= 15 is 0 Å². The highest BCUT2D eigenvalue weighted by Gasteiger charge is 2.10. The Balaban J connectivity index is 0.00000578. The van der Waals surface area contributed by atoms with Crippen molar-refractivity contribution in [2.45, 2.75) is 45.4 Å². The Hall–Kier alpha value is -3.06. The molecule has 0 saturated heterocycles. The van der Waals surface area contributed by atoms with Crippen LogP contribution < -0.4 is 14.2 Å². The van der Waals surface area contributed by atoms with Crippen molar-refractivity contribution >= 4 is 30.2 Å². The van der Waals surface area contributed by atoms with Gasteiger partial charge >= 0.3 is 5.97 Å². The average molecular weight is 492 g/mol. The Kier molecular flexibility index (Phi) is 14.1. The first-order chi connectivity index (χ1) is 16.1. The van der Waals surface area contributed by atoms with E-state index in [0.29, 0.717) is 48.1 Å². The Morgan fingerprint density at radius 3 is 2.38 bits per heavy atom. The molecule has 0 N–H and O–H groups in total. The quantitative estimate of drug-likeness (QED) is 0.137. The average Bonchev–Trinajstić information content (AvgIpc) is 2.84. The third-order valence-corrected chi connectivity index (χ3v) is 4.94. The van der Waals surface area contributed by atoms with Gasteiger partial charge in [0.15, 0.2) is 17.3 Å². The van der Waals surface area contributed by atoms with Gasteiger partial charge in [-0.2, -0.15) is 0 Å². The van der Waals surface area contributed by atoms with Gasteiger partial charge in [-0.3, -0.25) is 14.6 Å². The van der Waals surface area contributed by atoms with E-state index < -0.39 is 0 Å². The Morgan fingerprint density at radius 1 is 0.941 bits per heavy atom. The molecule has 2 rings (SSSR count). The van der Waals surface area contributed by atoms with Crippen LogP contribution in [0.4, 0.5) is 0 Å². The number of nitrogens with zero attached hydrogens (tertiary/aromatic N) is 1. The lowest BCUT2D eigenvalue weighted by molar-refractivity contribution is -0.143. The molecule has 8 heteroatoms. The molecule has 0 spiro atoms. The highest BCUT2D eigenvalue weighted by Crippen LogP contribution is 2.27. The number of unbranched alkanes of at least 4 members (excludes halogenated alkanes) is 4. The summed E-state index contributed by atoms with van der Waals surface area (Å²) in [5.41, 5.74) is 1.08. The van der Waals surface area contributed by atoms with E-state index in [2.05, 4.69) is 4.98 Å². The Morgan fingerprint density at radius 2 is 1.65 bits per heavy atom. The van der Waals surface area contributed by atoms with Crippen LogP contribution in [0.2, 0.25) is 0 Å². The number of para-hydroxylation sites is 1. The van der Waals surface area contributed by atoms with E-state index in [1.54, 1.807) is 43.6 Å². The minimum atomic E-state index is -0.171. The molecule has 0 atom stereocenters. The number of ether oxygens (including phenoxy) is 4. The molecule has 34 heavy (non-hydrogen) atoms. The van der Waals surface area contributed by atoms with Crippen molar-refractivity contribution in [2.24, 2.45) is 0 Å². The molecule has 0 bridgehead atoms. The number of rotatable bonds is 15. The largest absolute Gasteiger partial charge is 0.496 e. The first-order valence-corrected chi connectivity index (χ1v) is 11.3. The fourth-order valence-electron chi connectivity index (χ4n) is 3.21. The molecule has 1 aromatic carbocycles. The van der Waals surface area contributed by atoms with Gasteiger partial charge in [-0.25, -0.2) is 0 Å². The van der Waals surface area contributed by atoms with Crippen LogP contribution in [0.5, 0.6) is 17.2 Å². The zero-order chi connectivity index (χ0) is 23.9. The Labute approximate surface area is 207 Å². The van der Waals surface area contributed by atoms with Gasteiger partial charge in [0, 0.05) is 12.5 Å². The number of pyridine rings is 1. The van der Waals surface area contributed by atoms with Gasteiger partial charge in [-0.1, -0.05) is 31.4 Å². The highest BCUT2D eigenvalue weighted by molar-refractivity contribution is 6.08. The number of hydrogen-bond donors (Lipinski definition) is 0. The van der Waals surface area contributed by atoms with Crippen molar-refractivity contribution < 1.29 is 28.5 Å². The molecule has 0 aliphatic carbocycles. The third-order valence-electron chi connectivity index (χ3n) is 4.94. The van der Waals surface area contributed by atoms with E-state index in [0.717, 1.165) is 32.1 Å². The van der Waals surface area contributed by atoms with E-state index in [1.807, 2.05) is 13.0 Å². The summed E-state index contributed by atoms with van der Waals surface area (Å²) in [5.74, 6) is 1.35. The number of ketones is 1. The molecular formula is C26H34ClNO6. The first kappa shape index (κ1) is 29.0. The molecule has 1 heterocycles. The zero-order valence-corrected chi connectivity index (χ0v) is 20.9. The maximum atomic E-state index is 12.5. The van der Waals surface area contributed by atoms with Gasteiger partial charge in [0.05, 0.1) is 44.9 Å². The molecule has 186 valence electrons. The van der Waals surface area contributed by atoms with E-state index in [9.17, 15) is 9.59 Å². The van der Waals surface area contributed by atoms with Crippen LogP contribution in [0.25, 0.3) is 6.08 Å². The number of hydrogen-bond acceptors (Lipinski definition) is 7. The summed E-state index contributed by atoms with van der Waals surface area (Å²) in [7, 11) is 3.10. The summed E-state index contributed by atoms with van der Waals surface area (Å²) in [6.45, 7) is 2.79. The third kappa shape index (κ3) is 9.83. The number of allylic oxidation sites excluding steroid dienone is 1. The zero-order valence-electron chi connectivity index (χ0n) is 20.1. The molecular weight excluding hydrogens is 458 g/mol. The summed E-state index contributed by atoms with van der Waals surface area (Å²) in [5, 5.41) is 0. The predicted octanol–water partition coefficient (Wildman–Crippen LogP) is 5.70. The monoisotopic (exact) mass is 491 g/mol. The van der Waals surface area contributed by atoms with Gasteiger partial charge in [-0.15, -0.1) is 12.4 Å². The standard InChI is InChI=1S/C26H33NO6.ClH/c1-4-32-26(29)14-8-6-5-7-11-17-33-24-18-20(27-19-25(24)31-3)15-16-22(28)21-12-9-10-13-23(21)30-2;/h9-10,12-13,15-16,18-19H,4-8,11,14,17H2,1-3H3;1H/b16-15+;.